The lowest BCUT2D eigenvalue weighted by molar-refractivity contribution is -0.890. The van der Waals surface area contributed by atoms with E-state index in [-0.39, 0.29) is 24.5 Å². The van der Waals surface area contributed by atoms with Gasteiger partial charge in [0.15, 0.2) is 0 Å². The van der Waals surface area contributed by atoms with Gasteiger partial charge in [-0.15, -0.1) is 0 Å². The molecule has 23 heavy (non-hydrogen) atoms. The smallest absolute Gasteiger partial charge is 0.320 e. The monoisotopic (exact) mass is 354 g/mol. The lowest BCUT2D eigenvalue weighted by atomic mass is 10.1. The fraction of sp³-hybridized carbons (Fsp3) is 0.846. The van der Waals surface area contributed by atoms with Gasteiger partial charge in [0.05, 0.1) is 32.9 Å². The van der Waals surface area contributed by atoms with E-state index in [0.29, 0.717) is 30.4 Å². The van der Waals surface area contributed by atoms with Gasteiger partial charge >= 0.3 is 5.97 Å². The van der Waals surface area contributed by atoms with Crippen molar-refractivity contribution in [1.29, 1.82) is 0 Å². The van der Waals surface area contributed by atoms with Crippen LogP contribution in [0.2, 0.25) is 0 Å². The third-order valence-corrected chi connectivity index (χ3v) is 4.23. The average molecular weight is 354 g/mol. The average Bonchev–Trinajstić information content (AvgIpc) is 2.39. The molecule has 0 fully saturated rings. The van der Waals surface area contributed by atoms with Gasteiger partial charge in [0.1, 0.15) is 6.04 Å². The van der Waals surface area contributed by atoms with Crippen LogP contribution < -0.4 is 11.1 Å². The van der Waals surface area contributed by atoms with Crippen LogP contribution in [-0.2, 0) is 19.7 Å². The molecule has 0 unspecified atom stereocenters. The minimum absolute atomic E-state index is 0.0695. The highest BCUT2D eigenvalue weighted by Gasteiger charge is 2.17. The molecule has 0 aliphatic rings. The van der Waals surface area contributed by atoms with Crippen molar-refractivity contribution in [2.24, 2.45) is 5.73 Å². The summed E-state index contributed by atoms with van der Waals surface area (Å²) < 4.78 is 30.6. The molecule has 136 valence electrons. The Kier molecular flexibility index (Phi) is 9.28. The van der Waals surface area contributed by atoms with Crippen molar-refractivity contribution in [3.63, 3.8) is 0 Å². The fourth-order valence-electron chi connectivity index (χ4n) is 2.02. The number of aliphatic carboxylic acids is 1. The van der Waals surface area contributed by atoms with Gasteiger partial charge in [0.2, 0.25) is 5.91 Å². The first kappa shape index (κ1) is 21.8. The van der Waals surface area contributed by atoms with E-state index >= 15 is 0 Å². The Hall–Kier alpha value is -1.23. The summed E-state index contributed by atoms with van der Waals surface area (Å²) in [5.74, 6) is -1.62. The molecule has 0 saturated carbocycles. The Bertz CT molecular complexity index is 492. The lowest BCUT2D eigenvalue weighted by Gasteiger charge is -2.29. The Morgan fingerprint density at radius 2 is 1.78 bits per heavy atom. The first-order chi connectivity index (χ1) is 10.4. The van der Waals surface area contributed by atoms with E-state index in [1.54, 1.807) is 0 Å². The molecule has 0 saturated heterocycles. The van der Waals surface area contributed by atoms with Gasteiger partial charge < -0.3 is 20.6 Å². The largest absolute Gasteiger partial charge is 0.480 e. The van der Waals surface area contributed by atoms with Crippen LogP contribution in [0.4, 0.5) is 0 Å². The summed E-state index contributed by atoms with van der Waals surface area (Å²) in [5, 5.41) is 11.3. The molecule has 0 aliphatic carbocycles. The summed E-state index contributed by atoms with van der Waals surface area (Å²) in [4.78, 5) is 22.0. The van der Waals surface area contributed by atoms with Crippen molar-refractivity contribution >= 4 is 22.0 Å². The van der Waals surface area contributed by atoms with Crippen LogP contribution in [0.25, 0.3) is 0 Å². The van der Waals surface area contributed by atoms with E-state index in [2.05, 4.69) is 5.32 Å². The van der Waals surface area contributed by atoms with Crippen molar-refractivity contribution in [3.05, 3.63) is 0 Å². The van der Waals surface area contributed by atoms with Gasteiger partial charge in [-0.25, -0.2) is 0 Å². The molecule has 0 aromatic carbocycles. The summed E-state index contributed by atoms with van der Waals surface area (Å²) in [5.41, 5.74) is 5.31. The fourth-order valence-corrected chi connectivity index (χ4v) is 2.51. The number of rotatable bonds is 12. The quantitative estimate of drug-likeness (QED) is 0.200. The Morgan fingerprint density at radius 1 is 1.22 bits per heavy atom. The number of carbonyl (C=O) groups is 2. The number of carbonyl (C=O) groups excluding carboxylic acids is 1. The number of hydrogen-bond acceptors (Lipinski definition) is 5. The van der Waals surface area contributed by atoms with Gasteiger partial charge in [0.25, 0.3) is 10.1 Å². The summed E-state index contributed by atoms with van der Waals surface area (Å²) in [6, 6.07) is -1.03. The third-order valence-electron chi connectivity index (χ3n) is 3.43. The molecule has 0 aromatic rings. The number of hydrogen-bond donors (Lipinski definition) is 4. The number of nitrogens with one attached hydrogen (secondary N) is 1. The molecule has 9 nitrogen and oxygen atoms in total. The van der Waals surface area contributed by atoms with Gasteiger partial charge in [-0.05, 0) is 6.42 Å². The molecule has 0 bridgehead atoms. The van der Waals surface area contributed by atoms with Crippen LogP contribution in [-0.4, -0.2) is 80.0 Å². The SMILES string of the molecule is C[N+](C)(CCCNC(=O)CC[C@H](N)C(=O)O)CCCS(=O)(=O)O. The topological polar surface area (TPSA) is 147 Å². The number of nitrogens with zero attached hydrogens (tertiary/aromatic N) is 1. The standard InChI is InChI=1S/C13H27N3O6S/c1-16(2,9-4-10-23(20,21)22)8-3-7-15-12(17)6-5-11(14)13(18)19/h11H,3-10,14H2,1-2H3,(H2-,15,17,18,19,20,21,22)/p+1/t11-/m0/s1. The molecule has 5 N–H and O–H groups in total. The summed E-state index contributed by atoms with van der Waals surface area (Å²) in [6.45, 7) is 1.79. The zero-order chi connectivity index (χ0) is 18.1. The molecule has 0 rings (SSSR count). The molecule has 0 heterocycles. The second-order valence-corrected chi connectivity index (χ2v) is 7.78. The van der Waals surface area contributed by atoms with E-state index in [1.165, 1.54) is 0 Å². The molecule has 10 heteroatoms. The van der Waals surface area contributed by atoms with Crippen LogP contribution in [0, 0.1) is 0 Å². The molecular formula is C13H28N3O6S+. The highest BCUT2D eigenvalue weighted by atomic mass is 32.2. The molecule has 1 atom stereocenters. The van der Waals surface area contributed by atoms with Gasteiger partial charge in [-0.2, -0.15) is 8.42 Å². The first-order valence-corrected chi connectivity index (χ1v) is 9.06. The molecule has 1 amide bonds. The molecule has 0 aliphatic heterocycles. The maximum Gasteiger partial charge on any atom is 0.320 e. The lowest BCUT2D eigenvalue weighted by Crippen LogP contribution is -2.43. The van der Waals surface area contributed by atoms with E-state index in [0.717, 1.165) is 6.54 Å². The number of quaternary nitrogens is 1. The molecular weight excluding hydrogens is 326 g/mol. The minimum atomic E-state index is -3.92. The Labute approximate surface area is 137 Å². The zero-order valence-electron chi connectivity index (χ0n) is 13.7. The number of amides is 1. The van der Waals surface area contributed by atoms with Gasteiger partial charge in [-0.1, -0.05) is 0 Å². The first-order valence-electron chi connectivity index (χ1n) is 7.45. The second kappa shape index (κ2) is 9.81. The second-order valence-electron chi connectivity index (χ2n) is 6.21. The predicted molar refractivity (Wildman–Crippen MR) is 85.3 cm³/mol. The molecule has 0 aromatic heterocycles. The van der Waals surface area contributed by atoms with Crippen LogP contribution in [0.5, 0.6) is 0 Å². The maximum atomic E-state index is 11.5. The summed E-state index contributed by atoms with van der Waals surface area (Å²) in [7, 11) is -0.0372. The van der Waals surface area contributed by atoms with Gasteiger partial charge in [-0.3, -0.25) is 14.1 Å². The molecule has 0 radical (unpaired) electrons. The highest BCUT2D eigenvalue weighted by Crippen LogP contribution is 2.03. The Balaban J connectivity index is 3.84. The third kappa shape index (κ3) is 13.0. The van der Waals surface area contributed by atoms with Crippen LogP contribution in [0.3, 0.4) is 0 Å². The van der Waals surface area contributed by atoms with Crippen LogP contribution in [0.15, 0.2) is 0 Å². The predicted octanol–water partition coefficient (Wildman–Crippen LogP) is -0.961. The molecule has 0 spiro atoms. The van der Waals surface area contributed by atoms with E-state index in [1.807, 2.05) is 14.1 Å². The number of nitrogens with two attached hydrogens (primary N) is 1. The van der Waals surface area contributed by atoms with Gasteiger partial charge in [0, 0.05) is 25.8 Å². The van der Waals surface area contributed by atoms with Crippen LogP contribution in [0.1, 0.15) is 25.7 Å². The van der Waals surface area contributed by atoms with Crippen molar-refractivity contribution < 1.29 is 32.1 Å². The van der Waals surface area contributed by atoms with Crippen molar-refractivity contribution in [2.75, 3.05) is 39.5 Å². The van der Waals surface area contributed by atoms with E-state index < -0.39 is 22.1 Å². The van der Waals surface area contributed by atoms with E-state index in [9.17, 15) is 18.0 Å². The van der Waals surface area contributed by atoms with Crippen molar-refractivity contribution in [3.8, 4) is 0 Å². The number of carboxylic acid groups (broad SMARTS) is 1. The van der Waals surface area contributed by atoms with Crippen molar-refractivity contribution in [2.45, 2.75) is 31.7 Å². The van der Waals surface area contributed by atoms with E-state index in [4.69, 9.17) is 15.4 Å². The summed E-state index contributed by atoms with van der Waals surface area (Å²) in [6.07, 6.45) is 1.24. The number of carboxylic acids is 1. The highest BCUT2D eigenvalue weighted by molar-refractivity contribution is 7.85. The van der Waals surface area contributed by atoms with Crippen molar-refractivity contribution in [1.82, 2.24) is 5.32 Å². The minimum Gasteiger partial charge on any atom is -0.480 e. The normalized spacial score (nSPS) is 13.6. The summed E-state index contributed by atoms with van der Waals surface area (Å²) >= 11 is 0. The Morgan fingerprint density at radius 3 is 2.30 bits per heavy atom. The zero-order valence-corrected chi connectivity index (χ0v) is 14.5. The van der Waals surface area contributed by atoms with Crippen LogP contribution >= 0.6 is 0 Å². The maximum absolute atomic E-state index is 11.5.